The monoisotopic (exact) mass is 374 g/mol. The van der Waals surface area contributed by atoms with Crippen LogP contribution in [0, 0.1) is 0 Å². The highest BCUT2D eigenvalue weighted by atomic mass is 28.4. The number of rotatable bonds is 7. The number of aliphatic hydroxyl groups excluding tert-OH is 1. The predicted octanol–water partition coefficient (Wildman–Crippen LogP) is 0.976. The number of hydrogen-bond acceptors (Lipinski definition) is 6. The van der Waals surface area contributed by atoms with Gasteiger partial charge in [-0.15, -0.1) is 0 Å². The van der Waals surface area contributed by atoms with Crippen molar-refractivity contribution in [1.29, 1.82) is 0 Å². The molecule has 0 aromatic rings. The number of carbonyl (C=O) groups is 1. The van der Waals surface area contributed by atoms with E-state index in [0.717, 1.165) is 18.1 Å². The van der Waals surface area contributed by atoms with E-state index in [2.05, 4.69) is 31.4 Å². The van der Waals surface area contributed by atoms with Gasteiger partial charge >= 0.3 is 0 Å². The molecular weight excluding hydrogens is 340 g/mol. The third kappa shape index (κ3) is 4.25. The van der Waals surface area contributed by atoms with Gasteiger partial charge in [-0.1, -0.05) is 20.8 Å². The van der Waals surface area contributed by atoms with Crippen LogP contribution >= 0.6 is 0 Å². The molecule has 5 atom stereocenters. The molecule has 0 aromatic carbocycles. The van der Waals surface area contributed by atoms with E-state index in [1.54, 1.807) is 7.05 Å². The lowest BCUT2D eigenvalue weighted by molar-refractivity contribution is -0.144. The topological polar surface area (TPSA) is 89.1 Å². The molecule has 2 fully saturated rings. The molecule has 1 amide bonds. The van der Waals surface area contributed by atoms with Crippen LogP contribution in [0.25, 0.3) is 0 Å². The fraction of sp³-hybridized carbons (Fsp3) is 0.941. The summed E-state index contributed by atoms with van der Waals surface area (Å²) in [5.41, 5.74) is 0. The van der Waals surface area contributed by atoms with Crippen LogP contribution in [0.3, 0.4) is 0 Å². The molecule has 0 bridgehead atoms. The summed E-state index contributed by atoms with van der Waals surface area (Å²) in [6.07, 6.45) is -1.70. The first-order valence-electron chi connectivity index (χ1n) is 9.37. The van der Waals surface area contributed by atoms with Gasteiger partial charge in [-0.05, 0) is 32.0 Å². The fourth-order valence-electron chi connectivity index (χ4n) is 3.83. The number of hydrogen-bond donors (Lipinski definition) is 3. The van der Waals surface area contributed by atoms with Gasteiger partial charge in [0.1, 0.15) is 12.1 Å². The van der Waals surface area contributed by atoms with Gasteiger partial charge in [-0.2, -0.15) is 0 Å². The average Bonchev–Trinajstić information content (AvgIpc) is 3.12. The second kappa shape index (κ2) is 8.02. The molecular formula is C17H34N2O5Si. The van der Waals surface area contributed by atoms with Crippen LogP contribution in [-0.2, 0) is 18.7 Å². The van der Waals surface area contributed by atoms with Crippen molar-refractivity contribution in [2.45, 2.75) is 88.9 Å². The molecule has 0 spiro atoms. The van der Waals surface area contributed by atoms with Crippen LogP contribution in [0.5, 0.6) is 0 Å². The summed E-state index contributed by atoms with van der Waals surface area (Å²) in [7, 11) is -0.374. The number of nitrogens with one attached hydrogen (secondary N) is 2. The van der Waals surface area contributed by atoms with E-state index in [1.165, 1.54) is 0 Å². The Morgan fingerprint density at radius 1 is 1.32 bits per heavy atom. The Bertz CT molecular complexity index is 464. The van der Waals surface area contributed by atoms with Crippen molar-refractivity contribution in [1.82, 2.24) is 10.6 Å². The lowest BCUT2D eigenvalue weighted by Gasteiger charge is -2.35. The van der Waals surface area contributed by atoms with E-state index in [0.29, 0.717) is 6.61 Å². The number of aliphatic hydroxyl groups is 1. The smallest absolute Gasteiger partial charge is 0.239 e. The summed E-state index contributed by atoms with van der Waals surface area (Å²) >= 11 is 0. The van der Waals surface area contributed by atoms with Crippen LogP contribution in [0.15, 0.2) is 0 Å². The zero-order valence-corrected chi connectivity index (χ0v) is 17.3. The molecule has 146 valence electrons. The summed E-state index contributed by atoms with van der Waals surface area (Å²) in [6, 6.07) is 1.90. The third-order valence-electron chi connectivity index (χ3n) is 5.68. The Kier molecular flexibility index (Phi) is 6.67. The van der Waals surface area contributed by atoms with Gasteiger partial charge in [0, 0.05) is 7.05 Å². The van der Waals surface area contributed by atoms with Crippen molar-refractivity contribution in [2.24, 2.45) is 0 Å². The van der Waals surface area contributed by atoms with E-state index >= 15 is 0 Å². The third-order valence-corrected chi connectivity index (χ3v) is 10.3. The van der Waals surface area contributed by atoms with E-state index in [-0.39, 0.29) is 12.0 Å². The SMILES string of the molecule is CC[Si](CC)(CC)O[C@@H]1[C@@H](O)[C@H]([C@H]2COC(C)(C)O2)N[C@@H]1C(=O)NC. The normalized spacial score (nSPS) is 35.1. The van der Waals surface area contributed by atoms with Gasteiger partial charge in [0.05, 0.1) is 24.9 Å². The molecule has 7 nitrogen and oxygen atoms in total. The fourth-order valence-corrected chi connectivity index (χ4v) is 6.68. The molecule has 2 saturated heterocycles. The van der Waals surface area contributed by atoms with Crippen LogP contribution in [0.2, 0.25) is 18.1 Å². The van der Waals surface area contributed by atoms with E-state index in [9.17, 15) is 9.90 Å². The summed E-state index contributed by atoms with van der Waals surface area (Å²) in [4.78, 5) is 12.4. The highest BCUT2D eigenvalue weighted by Gasteiger charge is 2.53. The summed E-state index contributed by atoms with van der Waals surface area (Å²) in [5, 5.41) is 16.9. The second-order valence-corrected chi connectivity index (χ2v) is 12.2. The number of carbonyl (C=O) groups excluding carboxylic acids is 1. The largest absolute Gasteiger partial charge is 0.409 e. The number of amides is 1. The number of ether oxygens (including phenoxy) is 2. The van der Waals surface area contributed by atoms with Crippen molar-refractivity contribution < 1.29 is 23.8 Å². The van der Waals surface area contributed by atoms with Crippen LogP contribution < -0.4 is 10.6 Å². The van der Waals surface area contributed by atoms with Gasteiger partial charge in [0.25, 0.3) is 0 Å². The molecule has 0 aromatic heterocycles. The highest BCUT2D eigenvalue weighted by Crippen LogP contribution is 2.33. The van der Waals surface area contributed by atoms with Crippen LogP contribution in [-0.4, -0.2) is 69.2 Å². The maximum absolute atomic E-state index is 12.4. The summed E-state index contributed by atoms with van der Waals surface area (Å²) in [5.74, 6) is -0.849. The molecule has 3 N–H and O–H groups in total. The highest BCUT2D eigenvalue weighted by molar-refractivity contribution is 6.73. The summed E-state index contributed by atoms with van der Waals surface area (Å²) < 4.78 is 18.0. The molecule has 0 saturated carbocycles. The van der Waals surface area contributed by atoms with Gasteiger partial charge < -0.3 is 24.3 Å². The van der Waals surface area contributed by atoms with Crippen molar-refractivity contribution in [3.8, 4) is 0 Å². The molecule has 0 radical (unpaired) electrons. The van der Waals surface area contributed by atoms with E-state index in [4.69, 9.17) is 13.9 Å². The first-order chi connectivity index (χ1) is 11.7. The molecule has 8 heteroatoms. The molecule has 2 heterocycles. The number of likely N-dealkylation sites (N-methyl/N-ethyl adjacent to an activating group) is 1. The Hall–Kier alpha value is -0.513. The van der Waals surface area contributed by atoms with Crippen molar-refractivity contribution in [3.05, 3.63) is 0 Å². The van der Waals surface area contributed by atoms with Gasteiger partial charge in [0.15, 0.2) is 14.1 Å². The minimum Gasteiger partial charge on any atom is -0.409 e. The first-order valence-corrected chi connectivity index (χ1v) is 11.9. The van der Waals surface area contributed by atoms with E-state index in [1.807, 2.05) is 13.8 Å². The molecule has 2 rings (SSSR count). The zero-order valence-electron chi connectivity index (χ0n) is 16.3. The zero-order chi connectivity index (χ0) is 18.8. The first kappa shape index (κ1) is 20.8. The van der Waals surface area contributed by atoms with Gasteiger partial charge in [-0.25, -0.2) is 0 Å². The average molecular weight is 375 g/mol. The molecule has 0 aliphatic carbocycles. The summed E-state index contributed by atoms with van der Waals surface area (Å²) in [6.45, 7) is 10.5. The quantitative estimate of drug-likeness (QED) is 0.576. The Labute approximate surface area is 151 Å². The maximum Gasteiger partial charge on any atom is 0.239 e. The van der Waals surface area contributed by atoms with Crippen LogP contribution in [0.1, 0.15) is 34.6 Å². The lowest BCUT2D eigenvalue weighted by atomic mass is 10.0. The Morgan fingerprint density at radius 2 is 1.92 bits per heavy atom. The molecule has 2 aliphatic rings. The minimum absolute atomic E-state index is 0.170. The van der Waals surface area contributed by atoms with Crippen molar-refractivity contribution in [2.75, 3.05) is 13.7 Å². The van der Waals surface area contributed by atoms with Crippen molar-refractivity contribution in [3.63, 3.8) is 0 Å². The Morgan fingerprint density at radius 3 is 2.36 bits per heavy atom. The predicted molar refractivity (Wildman–Crippen MR) is 97.8 cm³/mol. The van der Waals surface area contributed by atoms with Gasteiger partial charge in [0.2, 0.25) is 5.91 Å². The van der Waals surface area contributed by atoms with Gasteiger partial charge in [-0.3, -0.25) is 10.1 Å². The van der Waals surface area contributed by atoms with E-state index < -0.39 is 38.4 Å². The molecule has 2 aliphatic heterocycles. The standard InChI is InChI=1S/C17H34N2O5Si/c1-7-25(8-2,9-3)24-15-13(16(21)18-6)19-12(14(15)20)11-10-22-17(4,5)23-11/h11-15,19-20H,7-10H2,1-6H3,(H,18,21)/t11-,12+,13+,14+,15+/m1/s1. The molecule has 25 heavy (non-hydrogen) atoms. The molecule has 0 unspecified atom stereocenters. The van der Waals surface area contributed by atoms with Crippen molar-refractivity contribution >= 4 is 14.2 Å². The minimum atomic E-state index is -1.97. The second-order valence-electron chi connectivity index (χ2n) is 7.47. The lowest BCUT2D eigenvalue weighted by Crippen LogP contribution is -2.52. The Balaban J connectivity index is 2.21. The maximum atomic E-state index is 12.4. The van der Waals surface area contributed by atoms with Crippen LogP contribution in [0.4, 0.5) is 0 Å².